The van der Waals surface area contributed by atoms with Crippen molar-refractivity contribution in [1.29, 1.82) is 0 Å². The Morgan fingerprint density at radius 1 is 1.42 bits per heavy atom. The molecule has 0 aromatic heterocycles. The molecule has 66 valence electrons. The van der Waals surface area contributed by atoms with Crippen molar-refractivity contribution in [2.75, 3.05) is 12.4 Å². The van der Waals surface area contributed by atoms with E-state index >= 15 is 0 Å². The SMILES string of the molecule is ClCCNCc1cccc(Br)c1. The Bertz CT molecular complexity index is 240. The third-order valence-electron chi connectivity index (χ3n) is 1.49. The monoisotopic (exact) mass is 247 g/mol. The number of hydrogen-bond acceptors (Lipinski definition) is 1. The van der Waals surface area contributed by atoms with Crippen LogP contribution < -0.4 is 5.32 Å². The van der Waals surface area contributed by atoms with Gasteiger partial charge in [0.1, 0.15) is 0 Å². The van der Waals surface area contributed by atoms with Crippen molar-refractivity contribution < 1.29 is 0 Å². The number of alkyl halides is 1. The highest BCUT2D eigenvalue weighted by Gasteiger charge is 1.92. The van der Waals surface area contributed by atoms with Crippen LogP contribution in [0.1, 0.15) is 5.56 Å². The van der Waals surface area contributed by atoms with Crippen molar-refractivity contribution in [3.63, 3.8) is 0 Å². The van der Waals surface area contributed by atoms with Gasteiger partial charge in [-0.1, -0.05) is 28.1 Å². The lowest BCUT2D eigenvalue weighted by Crippen LogP contribution is -2.15. The van der Waals surface area contributed by atoms with Gasteiger partial charge >= 0.3 is 0 Å². The van der Waals surface area contributed by atoms with Crippen LogP contribution in [-0.2, 0) is 6.54 Å². The van der Waals surface area contributed by atoms with Gasteiger partial charge in [-0.2, -0.15) is 0 Å². The minimum atomic E-state index is 0.661. The molecule has 0 saturated carbocycles. The fourth-order valence-corrected chi connectivity index (χ4v) is 1.53. The van der Waals surface area contributed by atoms with Gasteiger partial charge in [0.05, 0.1) is 0 Å². The highest BCUT2D eigenvalue weighted by molar-refractivity contribution is 9.10. The summed E-state index contributed by atoms with van der Waals surface area (Å²) in [5.41, 5.74) is 1.27. The van der Waals surface area contributed by atoms with Crippen LogP contribution in [0.3, 0.4) is 0 Å². The summed E-state index contributed by atoms with van der Waals surface area (Å²) in [7, 11) is 0. The fraction of sp³-hybridized carbons (Fsp3) is 0.333. The van der Waals surface area contributed by atoms with E-state index < -0.39 is 0 Å². The van der Waals surface area contributed by atoms with Gasteiger partial charge in [0.15, 0.2) is 0 Å². The summed E-state index contributed by atoms with van der Waals surface area (Å²) in [6.45, 7) is 1.74. The van der Waals surface area contributed by atoms with Crippen LogP contribution in [0.2, 0.25) is 0 Å². The van der Waals surface area contributed by atoms with Crippen LogP contribution in [0.25, 0.3) is 0 Å². The molecule has 12 heavy (non-hydrogen) atoms. The van der Waals surface area contributed by atoms with Crippen LogP contribution in [0, 0.1) is 0 Å². The first kappa shape index (κ1) is 10.0. The topological polar surface area (TPSA) is 12.0 Å². The van der Waals surface area contributed by atoms with Gasteiger partial charge in [-0.3, -0.25) is 0 Å². The fourth-order valence-electron chi connectivity index (χ4n) is 0.946. The highest BCUT2D eigenvalue weighted by atomic mass is 79.9. The van der Waals surface area contributed by atoms with E-state index in [1.54, 1.807) is 0 Å². The van der Waals surface area contributed by atoms with Gasteiger partial charge in [0.25, 0.3) is 0 Å². The summed E-state index contributed by atoms with van der Waals surface area (Å²) >= 11 is 8.94. The molecule has 0 atom stereocenters. The van der Waals surface area contributed by atoms with E-state index in [0.717, 1.165) is 17.6 Å². The van der Waals surface area contributed by atoms with E-state index in [-0.39, 0.29) is 0 Å². The van der Waals surface area contributed by atoms with Crippen molar-refractivity contribution in [3.05, 3.63) is 34.3 Å². The Kier molecular flexibility index (Phi) is 4.66. The molecule has 1 aromatic rings. The smallest absolute Gasteiger partial charge is 0.0348 e. The first-order chi connectivity index (χ1) is 5.83. The molecule has 0 unspecified atom stereocenters. The number of benzene rings is 1. The van der Waals surface area contributed by atoms with Crippen LogP contribution in [0.5, 0.6) is 0 Å². The molecule has 0 aliphatic heterocycles. The van der Waals surface area contributed by atoms with E-state index in [1.165, 1.54) is 5.56 Å². The average Bonchev–Trinajstić information content (AvgIpc) is 2.05. The maximum absolute atomic E-state index is 5.53. The predicted octanol–water partition coefficient (Wildman–Crippen LogP) is 2.78. The lowest BCUT2D eigenvalue weighted by Gasteiger charge is -2.02. The Morgan fingerprint density at radius 2 is 2.25 bits per heavy atom. The lowest BCUT2D eigenvalue weighted by molar-refractivity contribution is 0.730. The van der Waals surface area contributed by atoms with Crippen LogP contribution >= 0.6 is 27.5 Å². The molecule has 1 nitrogen and oxygen atoms in total. The normalized spacial score (nSPS) is 10.2. The summed E-state index contributed by atoms with van der Waals surface area (Å²) in [5.74, 6) is 0.661. The van der Waals surface area contributed by atoms with E-state index in [1.807, 2.05) is 12.1 Å². The maximum Gasteiger partial charge on any atom is 0.0348 e. The van der Waals surface area contributed by atoms with Gasteiger partial charge in [-0.25, -0.2) is 0 Å². The number of halogens is 2. The Hall–Kier alpha value is -0.0500. The van der Waals surface area contributed by atoms with Crippen LogP contribution in [0.15, 0.2) is 28.7 Å². The van der Waals surface area contributed by atoms with Crippen molar-refractivity contribution in [3.8, 4) is 0 Å². The third kappa shape index (κ3) is 3.57. The van der Waals surface area contributed by atoms with Gasteiger partial charge in [-0.15, -0.1) is 11.6 Å². The summed E-state index contributed by atoms with van der Waals surface area (Å²) < 4.78 is 1.12. The van der Waals surface area contributed by atoms with Crippen molar-refractivity contribution in [1.82, 2.24) is 5.32 Å². The Labute approximate surface area is 86.2 Å². The van der Waals surface area contributed by atoms with E-state index in [9.17, 15) is 0 Å². The zero-order valence-electron chi connectivity index (χ0n) is 6.69. The molecular formula is C9H11BrClN. The molecule has 1 N–H and O–H groups in total. The standard InChI is InChI=1S/C9H11BrClN/c10-9-3-1-2-8(6-9)7-12-5-4-11/h1-3,6,12H,4-5,7H2. The molecule has 0 amide bonds. The number of rotatable bonds is 4. The molecule has 3 heteroatoms. The minimum absolute atomic E-state index is 0.661. The highest BCUT2D eigenvalue weighted by Crippen LogP contribution is 2.10. The zero-order chi connectivity index (χ0) is 8.81. The van der Waals surface area contributed by atoms with Crippen molar-refractivity contribution in [2.24, 2.45) is 0 Å². The molecule has 0 fully saturated rings. The second-order valence-electron chi connectivity index (χ2n) is 2.50. The first-order valence-corrected chi connectivity index (χ1v) is 5.17. The van der Waals surface area contributed by atoms with E-state index in [4.69, 9.17) is 11.6 Å². The molecule has 1 aromatic carbocycles. The van der Waals surface area contributed by atoms with E-state index in [2.05, 4.69) is 33.4 Å². The summed E-state index contributed by atoms with van der Waals surface area (Å²) in [6.07, 6.45) is 0. The first-order valence-electron chi connectivity index (χ1n) is 3.84. The molecule has 0 saturated heterocycles. The maximum atomic E-state index is 5.53. The largest absolute Gasteiger partial charge is 0.311 e. The summed E-state index contributed by atoms with van der Waals surface area (Å²) in [4.78, 5) is 0. The van der Waals surface area contributed by atoms with Gasteiger partial charge in [0, 0.05) is 23.4 Å². The third-order valence-corrected chi connectivity index (χ3v) is 2.17. The molecule has 0 aliphatic rings. The van der Waals surface area contributed by atoms with Gasteiger partial charge in [0.2, 0.25) is 0 Å². The Balaban J connectivity index is 2.41. The van der Waals surface area contributed by atoms with Crippen LogP contribution in [-0.4, -0.2) is 12.4 Å². The summed E-state index contributed by atoms with van der Waals surface area (Å²) in [5, 5.41) is 3.23. The molecule has 0 spiro atoms. The van der Waals surface area contributed by atoms with E-state index in [0.29, 0.717) is 5.88 Å². The van der Waals surface area contributed by atoms with Crippen molar-refractivity contribution in [2.45, 2.75) is 6.54 Å². The van der Waals surface area contributed by atoms with Crippen molar-refractivity contribution >= 4 is 27.5 Å². The lowest BCUT2D eigenvalue weighted by atomic mass is 10.2. The molecule has 1 rings (SSSR count). The number of hydrogen-bond donors (Lipinski definition) is 1. The second kappa shape index (κ2) is 5.57. The second-order valence-corrected chi connectivity index (χ2v) is 3.79. The molecular weight excluding hydrogens is 237 g/mol. The molecule has 0 bridgehead atoms. The quantitative estimate of drug-likeness (QED) is 0.638. The predicted molar refractivity (Wildman–Crippen MR) is 56.6 cm³/mol. The Morgan fingerprint density at radius 3 is 2.92 bits per heavy atom. The molecule has 0 aliphatic carbocycles. The number of nitrogens with one attached hydrogen (secondary N) is 1. The summed E-state index contributed by atoms with van der Waals surface area (Å²) in [6, 6.07) is 8.24. The zero-order valence-corrected chi connectivity index (χ0v) is 9.03. The molecule has 0 radical (unpaired) electrons. The molecule has 0 heterocycles. The van der Waals surface area contributed by atoms with Gasteiger partial charge < -0.3 is 5.32 Å². The average molecular weight is 249 g/mol. The minimum Gasteiger partial charge on any atom is -0.311 e. The van der Waals surface area contributed by atoms with Gasteiger partial charge in [-0.05, 0) is 17.7 Å². The van der Waals surface area contributed by atoms with Crippen LogP contribution in [0.4, 0.5) is 0 Å².